The van der Waals surface area contributed by atoms with E-state index in [1.807, 2.05) is 33.8 Å². The summed E-state index contributed by atoms with van der Waals surface area (Å²) in [7, 11) is 0. The Morgan fingerprint density at radius 3 is 2.79 bits per heavy atom. The highest BCUT2D eigenvalue weighted by molar-refractivity contribution is 5.87. The number of rotatable bonds is 3. The molecular formula is C14H19N3O2. The Morgan fingerprint density at radius 1 is 1.47 bits per heavy atom. The van der Waals surface area contributed by atoms with Crippen molar-refractivity contribution in [2.24, 2.45) is 10.9 Å². The van der Waals surface area contributed by atoms with E-state index in [4.69, 9.17) is 0 Å². The molecule has 0 saturated heterocycles. The predicted octanol–water partition coefficient (Wildman–Crippen LogP) is 1.53. The second kappa shape index (κ2) is 4.99. The highest BCUT2D eigenvalue weighted by atomic mass is 16.2. The lowest BCUT2D eigenvalue weighted by Crippen LogP contribution is -2.32. The largest absolute Gasteiger partial charge is 0.352 e. The number of aliphatic imine (C=N–C) groups is 1. The van der Waals surface area contributed by atoms with Crippen LogP contribution in [0, 0.1) is 12.8 Å². The first-order chi connectivity index (χ1) is 8.90. The molecule has 0 aromatic carbocycles. The van der Waals surface area contributed by atoms with Gasteiger partial charge in [0.15, 0.2) is 0 Å². The van der Waals surface area contributed by atoms with Crippen molar-refractivity contribution in [1.29, 1.82) is 0 Å². The number of hydrogen-bond donors (Lipinski definition) is 1. The fourth-order valence-corrected chi connectivity index (χ4v) is 2.09. The molecule has 0 unspecified atom stereocenters. The van der Waals surface area contributed by atoms with E-state index in [-0.39, 0.29) is 23.9 Å². The molecule has 2 rings (SSSR count). The van der Waals surface area contributed by atoms with E-state index in [0.717, 1.165) is 11.3 Å². The van der Waals surface area contributed by atoms with Crippen LogP contribution in [0.25, 0.3) is 0 Å². The molecule has 0 atom stereocenters. The number of aromatic nitrogens is 1. The Hall–Kier alpha value is -1.91. The van der Waals surface area contributed by atoms with Crippen molar-refractivity contribution in [2.45, 2.75) is 40.8 Å². The number of carbonyl (C=O) groups is 1. The summed E-state index contributed by atoms with van der Waals surface area (Å²) in [6, 6.07) is 1.90. The van der Waals surface area contributed by atoms with Crippen molar-refractivity contribution in [3.05, 3.63) is 27.5 Å². The quantitative estimate of drug-likeness (QED) is 0.897. The van der Waals surface area contributed by atoms with Crippen LogP contribution in [0.1, 0.15) is 31.9 Å². The summed E-state index contributed by atoms with van der Waals surface area (Å²) in [5, 5.41) is 2.79. The van der Waals surface area contributed by atoms with Crippen LogP contribution in [0.15, 0.2) is 15.9 Å². The molecule has 0 saturated carbocycles. The summed E-state index contributed by atoms with van der Waals surface area (Å²) < 4.78 is 1.65. The summed E-state index contributed by atoms with van der Waals surface area (Å²) in [6.45, 7) is 8.26. The molecule has 1 amide bonds. The molecule has 1 aliphatic rings. The minimum Gasteiger partial charge on any atom is -0.352 e. The molecule has 5 nitrogen and oxygen atoms in total. The maximum Gasteiger partial charge on any atom is 0.257 e. The van der Waals surface area contributed by atoms with Gasteiger partial charge < -0.3 is 5.32 Å². The van der Waals surface area contributed by atoms with E-state index in [9.17, 15) is 9.59 Å². The molecule has 5 heteroatoms. The SMILES string of the molecule is CC1=Nc2cc(C)c(CNC(=O)C(C)C)c(=O)n2C1. The monoisotopic (exact) mass is 261 g/mol. The van der Waals surface area contributed by atoms with Gasteiger partial charge >= 0.3 is 0 Å². The molecule has 0 aliphatic carbocycles. The van der Waals surface area contributed by atoms with Crippen LogP contribution in [-0.2, 0) is 17.9 Å². The lowest BCUT2D eigenvalue weighted by Gasteiger charge is -2.11. The van der Waals surface area contributed by atoms with E-state index in [0.29, 0.717) is 17.9 Å². The molecule has 2 heterocycles. The summed E-state index contributed by atoms with van der Waals surface area (Å²) in [6.07, 6.45) is 0. The van der Waals surface area contributed by atoms with Gasteiger partial charge in [0.2, 0.25) is 5.91 Å². The highest BCUT2D eigenvalue weighted by Gasteiger charge is 2.17. The number of hydrogen-bond acceptors (Lipinski definition) is 3. The first-order valence-corrected chi connectivity index (χ1v) is 6.45. The van der Waals surface area contributed by atoms with Gasteiger partial charge in [-0.15, -0.1) is 0 Å². The lowest BCUT2D eigenvalue weighted by molar-refractivity contribution is -0.124. The van der Waals surface area contributed by atoms with Gasteiger partial charge in [-0.25, -0.2) is 4.99 Å². The summed E-state index contributed by atoms with van der Waals surface area (Å²) in [5.41, 5.74) is 2.39. The van der Waals surface area contributed by atoms with Crippen LogP contribution in [0.4, 0.5) is 5.82 Å². The van der Waals surface area contributed by atoms with Gasteiger partial charge in [-0.1, -0.05) is 13.8 Å². The third-order valence-electron chi connectivity index (χ3n) is 3.26. The number of nitrogens with one attached hydrogen (secondary N) is 1. The number of fused-ring (bicyclic) bond motifs is 1. The fourth-order valence-electron chi connectivity index (χ4n) is 2.09. The Balaban J connectivity index is 2.27. The van der Waals surface area contributed by atoms with Gasteiger partial charge in [-0.3, -0.25) is 14.2 Å². The second-order valence-corrected chi connectivity index (χ2v) is 5.27. The van der Waals surface area contributed by atoms with E-state index in [1.165, 1.54) is 0 Å². The van der Waals surface area contributed by atoms with E-state index in [2.05, 4.69) is 10.3 Å². The zero-order chi connectivity index (χ0) is 14.2. The van der Waals surface area contributed by atoms with Crippen molar-refractivity contribution in [1.82, 2.24) is 9.88 Å². The Morgan fingerprint density at radius 2 is 2.16 bits per heavy atom. The predicted molar refractivity (Wildman–Crippen MR) is 74.9 cm³/mol. The number of nitrogens with zero attached hydrogens (tertiary/aromatic N) is 2. The lowest BCUT2D eigenvalue weighted by atomic mass is 10.1. The topological polar surface area (TPSA) is 63.5 Å². The van der Waals surface area contributed by atoms with Gasteiger partial charge in [0.05, 0.1) is 6.54 Å². The zero-order valence-electron chi connectivity index (χ0n) is 11.8. The molecule has 0 fully saturated rings. The van der Waals surface area contributed by atoms with Crippen molar-refractivity contribution >= 4 is 17.4 Å². The van der Waals surface area contributed by atoms with Crippen LogP contribution in [-0.4, -0.2) is 16.2 Å². The minimum atomic E-state index is -0.0805. The molecule has 0 radical (unpaired) electrons. The smallest absolute Gasteiger partial charge is 0.257 e. The van der Waals surface area contributed by atoms with Crippen molar-refractivity contribution in [3.63, 3.8) is 0 Å². The number of carbonyl (C=O) groups excluding carboxylic acids is 1. The van der Waals surface area contributed by atoms with E-state index >= 15 is 0 Å². The molecule has 1 aromatic heterocycles. The maximum absolute atomic E-state index is 12.3. The molecule has 19 heavy (non-hydrogen) atoms. The van der Waals surface area contributed by atoms with Crippen LogP contribution in [0.3, 0.4) is 0 Å². The standard InChI is InChI=1S/C14H19N3O2/c1-8(2)13(18)15-6-11-9(3)5-12-16-10(4)7-17(12)14(11)19/h5,8H,6-7H2,1-4H3,(H,15,18). The van der Waals surface area contributed by atoms with E-state index < -0.39 is 0 Å². The normalized spacial score (nSPS) is 13.4. The van der Waals surface area contributed by atoms with Crippen LogP contribution in [0.2, 0.25) is 0 Å². The van der Waals surface area contributed by atoms with Gasteiger partial charge in [0, 0.05) is 23.7 Å². The van der Waals surface area contributed by atoms with Crippen molar-refractivity contribution < 1.29 is 4.79 Å². The highest BCUT2D eigenvalue weighted by Crippen LogP contribution is 2.20. The zero-order valence-corrected chi connectivity index (χ0v) is 11.8. The Bertz CT molecular complexity index is 612. The third-order valence-corrected chi connectivity index (χ3v) is 3.26. The first-order valence-electron chi connectivity index (χ1n) is 6.45. The van der Waals surface area contributed by atoms with Gasteiger partial charge in [-0.05, 0) is 25.5 Å². The van der Waals surface area contributed by atoms with Gasteiger partial charge in [-0.2, -0.15) is 0 Å². The number of aryl methyl sites for hydroxylation is 1. The summed E-state index contributed by atoms with van der Waals surface area (Å²) >= 11 is 0. The van der Waals surface area contributed by atoms with E-state index in [1.54, 1.807) is 4.57 Å². The average Bonchev–Trinajstić information content (AvgIpc) is 2.69. The summed E-state index contributed by atoms with van der Waals surface area (Å²) in [4.78, 5) is 28.3. The van der Waals surface area contributed by atoms with Crippen LogP contribution in [0.5, 0.6) is 0 Å². The first kappa shape index (κ1) is 13.5. The average molecular weight is 261 g/mol. The van der Waals surface area contributed by atoms with Crippen molar-refractivity contribution in [3.8, 4) is 0 Å². The van der Waals surface area contributed by atoms with Gasteiger partial charge in [0.25, 0.3) is 5.56 Å². The molecule has 102 valence electrons. The minimum absolute atomic E-state index is 0.0447. The Kier molecular flexibility index (Phi) is 3.55. The summed E-state index contributed by atoms with van der Waals surface area (Å²) in [5.74, 6) is 0.582. The van der Waals surface area contributed by atoms with Crippen LogP contribution >= 0.6 is 0 Å². The molecule has 1 aliphatic heterocycles. The maximum atomic E-state index is 12.3. The molecule has 0 spiro atoms. The van der Waals surface area contributed by atoms with Crippen molar-refractivity contribution in [2.75, 3.05) is 0 Å². The molecule has 0 bridgehead atoms. The molecular weight excluding hydrogens is 242 g/mol. The fraction of sp³-hybridized carbons (Fsp3) is 0.500. The van der Waals surface area contributed by atoms with Gasteiger partial charge in [0.1, 0.15) is 5.82 Å². The van der Waals surface area contributed by atoms with Crippen LogP contribution < -0.4 is 10.9 Å². The molecule has 1 aromatic rings. The number of pyridine rings is 1. The molecule has 1 N–H and O–H groups in total. The third kappa shape index (κ3) is 2.59. The second-order valence-electron chi connectivity index (χ2n) is 5.27. The Labute approximate surface area is 112 Å². The number of amides is 1.